The number of hydrogen-bond donors (Lipinski definition) is 2. The quantitative estimate of drug-likeness (QED) is 0.245. The summed E-state index contributed by atoms with van der Waals surface area (Å²) in [5.74, 6) is -0.664. The first-order chi connectivity index (χ1) is 12.8. The van der Waals surface area contributed by atoms with Gasteiger partial charge in [0.25, 0.3) is 0 Å². The maximum absolute atomic E-state index is 10.3. The van der Waals surface area contributed by atoms with Crippen molar-refractivity contribution in [3.05, 3.63) is 12.2 Å². The summed E-state index contributed by atoms with van der Waals surface area (Å²) in [6, 6.07) is 0. The van der Waals surface area contributed by atoms with Crippen LogP contribution >= 0.6 is 0 Å². The summed E-state index contributed by atoms with van der Waals surface area (Å²) >= 11 is 0. The molecule has 0 bridgehead atoms. The zero-order chi connectivity index (χ0) is 19.1. The fourth-order valence-corrected chi connectivity index (χ4v) is 3.15. The van der Waals surface area contributed by atoms with Crippen LogP contribution in [0.1, 0.15) is 116 Å². The molecule has 0 aromatic rings. The molecule has 3 nitrogen and oxygen atoms in total. The van der Waals surface area contributed by atoms with Gasteiger partial charge in [-0.05, 0) is 58.0 Å². The molecule has 0 radical (unpaired) electrons. The van der Waals surface area contributed by atoms with Crippen molar-refractivity contribution in [2.45, 2.75) is 116 Å². The number of aliphatic carboxylic acids is 1. The van der Waals surface area contributed by atoms with Crippen molar-refractivity contribution in [1.29, 1.82) is 0 Å². The summed E-state index contributed by atoms with van der Waals surface area (Å²) in [6.45, 7) is 4.76. The van der Waals surface area contributed by atoms with Crippen molar-refractivity contribution in [1.82, 2.24) is 5.32 Å². The first kappa shape index (κ1) is 25.2. The highest BCUT2D eigenvalue weighted by Crippen LogP contribution is 2.09. The summed E-state index contributed by atoms with van der Waals surface area (Å²) in [6.07, 6.45) is 25.5. The number of nitrogens with one attached hydrogen (secondary N) is 1. The van der Waals surface area contributed by atoms with Crippen LogP contribution in [0.15, 0.2) is 12.2 Å². The van der Waals surface area contributed by atoms with E-state index in [1.807, 2.05) is 0 Å². The number of unbranched alkanes of at least 4 members (excludes halogenated alkanes) is 11. The minimum absolute atomic E-state index is 0.332. The molecule has 1 heterocycles. The lowest BCUT2D eigenvalue weighted by Crippen LogP contribution is -2.21. The van der Waals surface area contributed by atoms with E-state index in [0.717, 1.165) is 12.8 Å². The van der Waals surface area contributed by atoms with E-state index in [0.29, 0.717) is 6.42 Å². The third-order valence-electron chi connectivity index (χ3n) is 4.86. The number of hydrogen-bond acceptors (Lipinski definition) is 2. The minimum atomic E-state index is -0.664. The van der Waals surface area contributed by atoms with Crippen molar-refractivity contribution in [2.24, 2.45) is 0 Å². The van der Waals surface area contributed by atoms with Crippen molar-refractivity contribution < 1.29 is 9.90 Å². The Morgan fingerprint density at radius 2 is 1.27 bits per heavy atom. The van der Waals surface area contributed by atoms with Crippen LogP contribution in [0.3, 0.4) is 0 Å². The maximum Gasteiger partial charge on any atom is 0.303 e. The zero-order valence-corrected chi connectivity index (χ0v) is 17.4. The number of piperidine rings is 1. The fourth-order valence-electron chi connectivity index (χ4n) is 3.15. The molecule has 0 aromatic heterocycles. The van der Waals surface area contributed by atoms with Crippen LogP contribution in [-0.4, -0.2) is 24.2 Å². The molecule has 1 fully saturated rings. The maximum atomic E-state index is 10.3. The molecule has 1 saturated heterocycles. The smallest absolute Gasteiger partial charge is 0.303 e. The Kier molecular flexibility index (Phi) is 21.5. The van der Waals surface area contributed by atoms with E-state index in [2.05, 4.69) is 24.4 Å². The van der Waals surface area contributed by atoms with Gasteiger partial charge in [-0.2, -0.15) is 0 Å². The molecule has 0 aliphatic carbocycles. The van der Waals surface area contributed by atoms with Crippen LogP contribution in [0, 0.1) is 0 Å². The van der Waals surface area contributed by atoms with E-state index in [4.69, 9.17) is 5.11 Å². The summed E-state index contributed by atoms with van der Waals surface area (Å²) in [4.78, 5) is 10.3. The molecule has 1 aliphatic rings. The summed E-state index contributed by atoms with van der Waals surface area (Å²) in [5, 5.41) is 11.8. The van der Waals surface area contributed by atoms with E-state index < -0.39 is 5.97 Å². The van der Waals surface area contributed by atoms with Crippen LogP contribution in [0.4, 0.5) is 0 Å². The number of carboxylic acids is 1. The predicted octanol–water partition coefficient (Wildman–Crippen LogP) is 6.87. The Hall–Kier alpha value is -0.830. The molecular formula is C23H45NO2. The van der Waals surface area contributed by atoms with Gasteiger partial charge >= 0.3 is 5.97 Å². The molecule has 2 N–H and O–H groups in total. The average Bonchev–Trinajstić information content (AvgIpc) is 2.66. The van der Waals surface area contributed by atoms with Gasteiger partial charge in [0.1, 0.15) is 0 Å². The van der Waals surface area contributed by atoms with Crippen LogP contribution in [-0.2, 0) is 4.79 Å². The Labute approximate surface area is 163 Å². The predicted molar refractivity (Wildman–Crippen MR) is 114 cm³/mol. The van der Waals surface area contributed by atoms with Gasteiger partial charge in [-0.3, -0.25) is 4.79 Å². The van der Waals surface area contributed by atoms with Gasteiger partial charge in [0, 0.05) is 6.42 Å². The summed E-state index contributed by atoms with van der Waals surface area (Å²) < 4.78 is 0. The molecule has 0 amide bonds. The molecule has 0 aromatic carbocycles. The SMILES string of the molecule is C1CCNCC1.CCCCCCCC/C=C\CCCCCCCC(=O)O. The monoisotopic (exact) mass is 367 g/mol. The van der Waals surface area contributed by atoms with Gasteiger partial charge in [-0.15, -0.1) is 0 Å². The molecule has 0 unspecified atom stereocenters. The molecular weight excluding hydrogens is 322 g/mol. The molecule has 3 heteroatoms. The van der Waals surface area contributed by atoms with E-state index in [1.165, 1.54) is 103 Å². The molecule has 1 rings (SSSR count). The largest absolute Gasteiger partial charge is 0.481 e. The van der Waals surface area contributed by atoms with Crippen molar-refractivity contribution in [3.8, 4) is 0 Å². The molecule has 26 heavy (non-hydrogen) atoms. The Balaban J connectivity index is 0.000000867. The topological polar surface area (TPSA) is 49.3 Å². The van der Waals surface area contributed by atoms with Gasteiger partial charge in [0.2, 0.25) is 0 Å². The molecule has 0 atom stereocenters. The average molecular weight is 368 g/mol. The third kappa shape index (κ3) is 23.2. The van der Waals surface area contributed by atoms with Gasteiger partial charge in [0.05, 0.1) is 0 Å². The minimum Gasteiger partial charge on any atom is -0.481 e. The highest BCUT2D eigenvalue weighted by atomic mass is 16.4. The zero-order valence-electron chi connectivity index (χ0n) is 17.4. The Bertz CT molecular complexity index is 300. The second kappa shape index (κ2) is 22.2. The summed E-state index contributed by atoms with van der Waals surface area (Å²) in [5.41, 5.74) is 0. The fraction of sp³-hybridized carbons (Fsp3) is 0.870. The van der Waals surface area contributed by atoms with E-state index >= 15 is 0 Å². The lowest BCUT2D eigenvalue weighted by atomic mass is 10.1. The molecule has 0 spiro atoms. The normalized spacial score (nSPS) is 14.2. The number of allylic oxidation sites excluding steroid dienone is 2. The first-order valence-electron chi connectivity index (χ1n) is 11.3. The highest BCUT2D eigenvalue weighted by molar-refractivity contribution is 5.66. The third-order valence-corrected chi connectivity index (χ3v) is 4.86. The number of carbonyl (C=O) groups is 1. The van der Waals surface area contributed by atoms with Gasteiger partial charge < -0.3 is 10.4 Å². The molecule has 0 saturated carbocycles. The van der Waals surface area contributed by atoms with E-state index in [-0.39, 0.29) is 0 Å². The second-order valence-electron chi connectivity index (χ2n) is 7.54. The van der Waals surface area contributed by atoms with Crippen LogP contribution in [0.2, 0.25) is 0 Å². The van der Waals surface area contributed by atoms with Crippen molar-refractivity contribution in [3.63, 3.8) is 0 Å². The Morgan fingerprint density at radius 1 is 0.769 bits per heavy atom. The van der Waals surface area contributed by atoms with E-state index in [9.17, 15) is 4.79 Å². The van der Waals surface area contributed by atoms with Gasteiger partial charge in [-0.1, -0.05) is 76.9 Å². The molecule has 154 valence electrons. The van der Waals surface area contributed by atoms with Crippen LogP contribution in [0.25, 0.3) is 0 Å². The second-order valence-corrected chi connectivity index (χ2v) is 7.54. The van der Waals surface area contributed by atoms with Crippen LogP contribution in [0.5, 0.6) is 0 Å². The van der Waals surface area contributed by atoms with Crippen molar-refractivity contribution in [2.75, 3.05) is 13.1 Å². The Morgan fingerprint density at radius 3 is 1.69 bits per heavy atom. The lowest BCUT2D eigenvalue weighted by Gasteiger charge is -2.08. The standard InChI is InChI=1S/C18H34O2.C5H11N/c1-2-3-4-5-6-7-8-9-10-11-12-13-14-15-16-17-18(19)20;1-2-4-6-5-3-1/h9-10H,2-8,11-17H2,1H3,(H,19,20);6H,1-5H2/b10-9-;. The van der Waals surface area contributed by atoms with E-state index in [1.54, 1.807) is 0 Å². The van der Waals surface area contributed by atoms with Crippen molar-refractivity contribution >= 4 is 5.97 Å². The number of rotatable bonds is 15. The number of carboxylic acid groups (broad SMARTS) is 1. The van der Waals surface area contributed by atoms with Gasteiger partial charge in [-0.25, -0.2) is 0 Å². The summed E-state index contributed by atoms with van der Waals surface area (Å²) in [7, 11) is 0. The first-order valence-corrected chi connectivity index (χ1v) is 11.3. The molecule has 1 aliphatic heterocycles. The van der Waals surface area contributed by atoms with Crippen LogP contribution < -0.4 is 5.32 Å². The highest BCUT2D eigenvalue weighted by Gasteiger charge is 1.96. The van der Waals surface area contributed by atoms with Gasteiger partial charge in [0.15, 0.2) is 0 Å². The lowest BCUT2D eigenvalue weighted by molar-refractivity contribution is -0.137.